The average Bonchev–Trinajstić information content (AvgIpc) is 2.58. The van der Waals surface area contributed by atoms with Gasteiger partial charge in [-0.05, 0) is 11.5 Å². The Bertz CT molecular complexity index is 503. The monoisotopic (exact) mass is 217 g/mol. The molecule has 0 aliphatic heterocycles. The van der Waals surface area contributed by atoms with Gasteiger partial charge in [0.1, 0.15) is 6.33 Å². The van der Waals surface area contributed by atoms with Crippen LogP contribution in [0.25, 0.3) is 11.0 Å². The second-order valence-corrected chi connectivity index (χ2v) is 5.59. The van der Waals surface area contributed by atoms with Gasteiger partial charge in [-0.25, -0.2) is 9.97 Å². The first-order valence-electron chi connectivity index (χ1n) is 5.73. The number of hydrogen-bond donors (Lipinski definition) is 1. The van der Waals surface area contributed by atoms with Crippen molar-refractivity contribution in [1.82, 2.24) is 15.0 Å². The van der Waals surface area contributed by atoms with Gasteiger partial charge in [-0.2, -0.15) is 0 Å². The maximum absolute atomic E-state index is 4.41. The van der Waals surface area contributed by atoms with Crippen LogP contribution < -0.4 is 0 Å². The molecule has 1 N–H and O–H groups in total. The minimum absolute atomic E-state index is 0.0420. The molecule has 16 heavy (non-hydrogen) atoms. The number of aromatic amines is 1. The molecule has 0 amide bonds. The van der Waals surface area contributed by atoms with Crippen LogP contribution in [0.3, 0.4) is 0 Å². The Hall–Kier alpha value is -1.38. The van der Waals surface area contributed by atoms with E-state index in [9.17, 15) is 0 Å². The molecule has 0 saturated heterocycles. The van der Waals surface area contributed by atoms with Crippen LogP contribution in [0.4, 0.5) is 0 Å². The van der Waals surface area contributed by atoms with Gasteiger partial charge >= 0.3 is 0 Å². The zero-order chi connectivity index (χ0) is 11.9. The number of aromatic nitrogens is 3. The standard InChI is InChI=1S/C13H19N3/c1-8(2)9-6-14-11-10(9)15-7-16-12(11)13(3,4)5/h6-8,14H,1-5H3. The fraction of sp³-hybridized carbons (Fsp3) is 0.538. The van der Waals surface area contributed by atoms with E-state index >= 15 is 0 Å². The Labute approximate surface area is 96.3 Å². The Kier molecular flexibility index (Phi) is 2.49. The van der Waals surface area contributed by atoms with Crippen molar-refractivity contribution in [2.24, 2.45) is 0 Å². The van der Waals surface area contributed by atoms with Gasteiger partial charge in [-0.1, -0.05) is 34.6 Å². The number of rotatable bonds is 1. The minimum Gasteiger partial charge on any atom is -0.358 e. The fourth-order valence-corrected chi connectivity index (χ4v) is 1.97. The van der Waals surface area contributed by atoms with E-state index in [-0.39, 0.29) is 5.41 Å². The van der Waals surface area contributed by atoms with Gasteiger partial charge in [-0.3, -0.25) is 0 Å². The zero-order valence-electron chi connectivity index (χ0n) is 10.6. The van der Waals surface area contributed by atoms with Crippen LogP contribution in [0.2, 0.25) is 0 Å². The Morgan fingerprint density at radius 1 is 1.19 bits per heavy atom. The molecule has 0 atom stereocenters. The highest BCUT2D eigenvalue weighted by molar-refractivity contribution is 5.82. The number of hydrogen-bond acceptors (Lipinski definition) is 2. The molecule has 0 aliphatic carbocycles. The number of nitrogens with zero attached hydrogens (tertiary/aromatic N) is 2. The highest BCUT2D eigenvalue weighted by atomic mass is 14.9. The van der Waals surface area contributed by atoms with Gasteiger partial charge in [0.25, 0.3) is 0 Å². The normalized spacial score (nSPS) is 12.6. The van der Waals surface area contributed by atoms with Gasteiger partial charge in [0, 0.05) is 11.6 Å². The van der Waals surface area contributed by atoms with E-state index in [0.717, 1.165) is 16.7 Å². The van der Waals surface area contributed by atoms with Crippen LogP contribution in [0.1, 0.15) is 51.8 Å². The first kappa shape index (κ1) is 11.1. The van der Waals surface area contributed by atoms with Crippen molar-refractivity contribution in [1.29, 1.82) is 0 Å². The molecule has 0 fully saturated rings. The number of H-pyrrole nitrogens is 1. The Balaban J connectivity index is 2.72. The molecular weight excluding hydrogens is 198 g/mol. The smallest absolute Gasteiger partial charge is 0.116 e. The number of nitrogens with one attached hydrogen (secondary N) is 1. The van der Waals surface area contributed by atoms with E-state index in [1.807, 2.05) is 0 Å². The van der Waals surface area contributed by atoms with E-state index in [1.54, 1.807) is 6.33 Å². The second-order valence-electron chi connectivity index (χ2n) is 5.59. The largest absolute Gasteiger partial charge is 0.358 e. The lowest BCUT2D eigenvalue weighted by atomic mass is 9.90. The lowest BCUT2D eigenvalue weighted by molar-refractivity contribution is 0.573. The second kappa shape index (κ2) is 3.58. The molecule has 2 aromatic heterocycles. The Morgan fingerprint density at radius 2 is 1.88 bits per heavy atom. The predicted molar refractivity (Wildman–Crippen MR) is 66.7 cm³/mol. The van der Waals surface area contributed by atoms with Crippen molar-refractivity contribution >= 4 is 11.0 Å². The van der Waals surface area contributed by atoms with Crippen LogP contribution in [-0.4, -0.2) is 15.0 Å². The van der Waals surface area contributed by atoms with Crippen LogP contribution in [-0.2, 0) is 5.41 Å². The SMILES string of the molecule is CC(C)c1c[nH]c2c(C(C)(C)C)ncnc12. The molecule has 3 nitrogen and oxygen atoms in total. The van der Waals surface area contributed by atoms with Crippen molar-refractivity contribution < 1.29 is 0 Å². The summed E-state index contributed by atoms with van der Waals surface area (Å²) in [6, 6.07) is 0. The highest BCUT2D eigenvalue weighted by Gasteiger charge is 2.21. The first-order valence-corrected chi connectivity index (χ1v) is 5.73. The summed E-state index contributed by atoms with van der Waals surface area (Å²) in [5.74, 6) is 0.483. The van der Waals surface area contributed by atoms with Crippen LogP contribution in [0, 0.1) is 0 Å². The quantitative estimate of drug-likeness (QED) is 0.795. The third-order valence-electron chi connectivity index (χ3n) is 2.83. The molecule has 2 rings (SSSR count). The third-order valence-corrected chi connectivity index (χ3v) is 2.83. The summed E-state index contributed by atoms with van der Waals surface area (Å²) < 4.78 is 0. The van der Waals surface area contributed by atoms with Crippen molar-refractivity contribution in [2.75, 3.05) is 0 Å². The van der Waals surface area contributed by atoms with Gasteiger partial charge in [-0.15, -0.1) is 0 Å². The molecule has 86 valence electrons. The topological polar surface area (TPSA) is 41.6 Å². The summed E-state index contributed by atoms with van der Waals surface area (Å²) in [4.78, 5) is 12.1. The van der Waals surface area contributed by atoms with Crippen LogP contribution in [0.15, 0.2) is 12.5 Å². The first-order chi connectivity index (χ1) is 7.41. The summed E-state index contributed by atoms with van der Waals surface area (Å²) in [5, 5.41) is 0. The van der Waals surface area contributed by atoms with Gasteiger partial charge in [0.2, 0.25) is 0 Å². The molecule has 0 spiro atoms. The number of fused-ring (bicyclic) bond motifs is 1. The minimum atomic E-state index is 0.0420. The van der Waals surface area contributed by atoms with Gasteiger partial charge < -0.3 is 4.98 Å². The van der Waals surface area contributed by atoms with Crippen molar-refractivity contribution in [3.63, 3.8) is 0 Å². The lowest BCUT2D eigenvalue weighted by Crippen LogP contribution is -2.14. The molecular formula is C13H19N3. The molecule has 0 aromatic carbocycles. The molecule has 2 heterocycles. The van der Waals surface area contributed by atoms with E-state index in [1.165, 1.54) is 5.56 Å². The highest BCUT2D eigenvalue weighted by Crippen LogP contribution is 2.30. The average molecular weight is 217 g/mol. The molecule has 3 heteroatoms. The zero-order valence-corrected chi connectivity index (χ0v) is 10.6. The predicted octanol–water partition coefficient (Wildman–Crippen LogP) is 3.38. The van der Waals surface area contributed by atoms with Gasteiger partial charge in [0.05, 0.1) is 16.7 Å². The third kappa shape index (κ3) is 1.70. The van der Waals surface area contributed by atoms with Crippen molar-refractivity contribution in [2.45, 2.75) is 46.0 Å². The molecule has 0 unspecified atom stereocenters. The van der Waals surface area contributed by atoms with Crippen LogP contribution >= 0.6 is 0 Å². The maximum atomic E-state index is 4.41. The maximum Gasteiger partial charge on any atom is 0.116 e. The molecule has 0 saturated carbocycles. The van der Waals surface area contributed by atoms with E-state index in [0.29, 0.717) is 5.92 Å². The lowest BCUT2D eigenvalue weighted by Gasteiger charge is -2.17. The van der Waals surface area contributed by atoms with E-state index in [4.69, 9.17) is 0 Å². The molecule has 0 aliphatic rings. The molecule has 0 radical (unpaired) electrons. The Morgan fingerprint density at radius 3 is 2.44 bits per heavy atom. The van der Waals surface area contributed by atoms with E-state index < -0.39 is 0 Å². The summed E-state index contributed by atoms with van der Waals surface area (Å²) in [6.45, 7) is 10.9. The summed E-state index contributed by atoms with van der Waals surface area (Å²) >= 11 is 0. The van der Waals surface area contributed by atoms with Crippen molar-refractivity contribution in [3.05, 3.63) is 23.8 Å². The summed E-state index contributed by atoms with van der Waals surface area (Å²) in [6.07, 6.45) is 3.72. The van der Waals surface area contributed by atoms with Crippen molar-refractivity contribution in [3.8, 4) is 0 Å². The fourth-order valence-electron chi connectivity index (χ4n) is 1.97. The van der Waals surface area contributed by atoms with Gasteiger partial charge in [0.15, 0.2) is 0 Å². The van der Waals surface area contributed by atoms with E-state index in [2.05, 4.69) is 55.8 Å². The molecule has 0 bridgehead atoms. The summed E-state index contributed by atoms with van der Waals surface area (Å²) in [7, 11) is 0. The van der Waals surface area contributed by atoms with Crippen LogP contribution in [0.5, 0.6) is 0 Å². The summed E-state index contributed by atoms with van der Waals surface area (Å²) in [5.41, 5.74) is 4.54. The molecule has 2 aromatic rings.